The van der Waals surface area contributed by atoms with Gasteiger partial charge in [-0.1, -0.05) is 68.8 Å². The second-order valence-corrected chi connectivity index (χ2v) is 8.42. The summed E-state index contributed by atoms with van der Waals surface area (Å²) >= 11 is 0. The lowest BCUT2D eigenvalue weighted by Gasteiger charge is -2.37. The Morgan fingerprint density at radius 3 is 2.28 bits per heavy atom. The van der Waals surface area contributed by atoms with Crippen molar-refractivity contribution in [3.8, 4) is 0 Å². The van der Waals surface area contributed by atoms with Gasteiger partial charge < -0.3 is 9.39 Å². The minimum Gasteiger partial charge on any atom is -0.433 e. The molecule has 135 valence electrons. The molecule has 0 heterocycles. The molecule has 0 saturated heterocycles. The second-order valence-electron chi connectivity index (χ2n) is 8.42. The Hall–Kier alpha value is -1.32. The molecule has 1 aliphatic carbocycles. The van der Waals surface area contributed by atoms with Crippen LogP contribution >= 0.6 is 0 Å². The number of ether oxygens (including phenoxy) is 1. The molecular weight excluding hydrogens is 307 g/mol. The van der Waals surface area contributed by atoms with Crippen LogP contribution in [-0.4, -0.2) is 26.3 Å². The van der Waals surface area contributed by atoms with E-state index in [9.17, 15) is 0 Å². The second kappa shape index (κ2) is 7.93. The van der Waals surface area contributed by atoms with Crippen molar-refractivity contribution in [2.24, 2.45) is 5.41 Å². The number of benzene rings is 1. The van der Waals surface area contributed by atoms with Crippen LogP contribution in [0.3, 0.4) is 0 Å². The van der Waals surface area contributed by atoms with Crippen molar-refractivity contribution in [2.45, 2.75) is 65.5 Å². The molecule has 3 heteroatoms. The summed E-state index contributed by atoms with van der Waals surface area (Å²) in [6.45, 7) is 13.1. The third kappa shape index (κ3) is 4.86. The molecule has 1 radical (unpaired) electrons. The van der Waals surface area contributed by atoms with E-state index in [1.54, 1.807) is 7.11 Å². The average molecular weight is 339 g/mol. The van der Waals surface area contributed by atoms with E-state index < -0.39 is 0 Å². The van der Waals surface area contributed by atoms with Crippen LogP contribution < -0.4 is 0 Å². The normalized spacial score (nSPS) is 19.9. The van der Waals surface area contributed by atoms with Crippen LogP contribution in [0.25, 0.3) is 5.57 Å². The van der Waals surface area contributed by atoms with Crippen LogP contribution in [0.1, 0.15) is 53.5 Å². The quantitative estimate of drug-likeness (QED) is 0.621. The van der Waals surface area contributed by atoms with Gasteiger partial charge in [0.2, 0.25) is 0 Å². The molecule has 2 atom stereocenters. The molecule has 1 aliphatic rings. The van der Waals surface area contributed by atoms with Gasteiger partial charge in [0.15, 0.2) is 0 Å². The van der Waals surface area contributed by atoms with Crippen LogP contribution in [0, 0.1) is 5.41 Å². The van der Waals surface area contributed by atoms with Gasteiger partial charge in [-0.2, -0.15) is 0 Å². The molecule has 1 aromatic rings. The Morgan fingerprint density at radius 1 is 1.08 bits per heavy atom. The van der Waals surface area contributed by atoms with Crippen LogP contribution in [0.4, 0.5) is 0 Å². The Labute approximate surface area is 154 Å². The van der Waals surface area contributed by atoms with E-state index in [0.29, 0.717) is 0 Å². The molecule has 0 amide bonds. The summed E-state index contributed by atoms with van der Waals surface area (Å²) in [6.07, 6.45) is 5.52. The zero-order valence-corrected chi connectivity index (χ0v) is 16.8. The van der Waals surface area contributed by atoms with E-state index >= 15 is 0 Å². The van der Waals surface area contributed by atoms with Crippen molar-refractivity contribution in [2.75, 3.05) is 7.11 Å². The molecule has 25 heavy (non-hydrogen) atoms. The molecule has 0 bridgehead atoms. The highest BCUT2D eigenvalue weighted by Gasteiger charge is 2.34. The van der Waals surface area contributed by atoms with Crippen molar-refractivity contribution >= 4 is 13.1 Å². The summed E-state index contributed by atoms with van der Waals surface area (Å²) < 4.78 is 11.7. The molecule has 1 aromatic carbocycles. The van der Waals surface area contributed by atoms with Crippen LogP contribution in [0.5, 0.6) is 0 Å². The van der Waals surface area contributed by atoms with Crippen molar-refractivity contribution in [3.05, 3.63) is 53.6 Å². The molecule has 0 N–H and O–H groups in total. The lowest BCUT2D eigenvalue weighted by atomic mass is 9.61. The number of allylic oxidation sites excluding steroid dienone is 4. The fraction of sp³-hybridized carbons (Fsp3) is 0.545. The van der Waals surface area contributed by atoms with E-state index in [4.69, 9.17) is 9.39 Å². The summed E-state index contributed by atoms with van der Waals surface area (Å²) in [5, 5.41) is 0. The molecule has 2 nitrogen and oxygen atoms in total. The van der Waals surface area contributed by atoms with Crippen molar-refractivity contribution in [1.29, 1.82) is 0 Å². The molecule has 0 spiro atoms. The van der Waals surface area contributed by atoms with Crippen LogP contribution in [0.15, 0.2) is 48.1 Å². The zero-order chi connectivity index (χ0) is 18.7. The maximum absolute atomic E-state index is 6.21. The van der Waals surface area contributed by atoms with Gasteiger partial charge in [0.25, 0.3) is 0 Å². The Kier molecular flexibility index (Phi) is 6.34. The summed E-state index contributed by atoms with van der Waals surface area (Å²) in [5.74, 6) is 0.267. The summed E-state index contributed by atoms with van der Waals surface area (Å²) in [6, 6.07) is 10.6. The first-order valence-electron chi connectivity index (χ1n) is 9.17. The van der Waals surface area contributed by atoms with Crippen molar-refractivity contribution in [1.82, 2.24) is 0 Å². The highest BCUT2D eigenvalue weighted by Crippen LogP contribution is 2.45. The smallest absolute Gasteiger partial charge is 0.301 e. The van der Waals surface area contributed by atoms with Crippen LogP contribution in [-0.2, 0) is 9.39 Å². The number of methoxy groups -OCH3 is 1. The third-order valence-corrected chi connectivity index (χ3v) is 5.10. The van der Waals surface area contributed by atoms with E-state index in [2.05, 4.69) is 77.1 Å². The van der Waals surface area contributed by atoms with Gasteiger partial charge in [-0.05, 0) is 49.6 Å². The van der Waals surface area contributed by atoms with Gasteiger partial charge in [-0.3, -0.25) is 0 Å². The van der Waals surface area contributed by atoms with E-state index in [1.165, 1.54) is 16.7 Å². The van der Waals surface area contributed by atoms with Crippen molar-refractivity contribution < 1.29 is 9.39 Å². The van der Waals surface area contributed by atoms with Gasteiger partial charge in [-0.25, -0.2) is 0 Å². The molecule has 2 rings (SSSR count). The standard InChI is InChI=1S/C22H32BO2/c1-16(24-7)22(5,6)25-23-19-15-11-14-18(20(19)21(2,3)4)17-12-9-8-10-13-17/h8-14,16,19H,15H2,1-7H3. The average Bonchev–Trinajstić information content (AvgIpc) is 2.58. The number of rotatable bonds is 6. The summed E-state index contributed by atoms with van der Waals surface area (Å²) in [7, 11) is 3.76. The highest BCUT2D eigenvalue weighted by molar-refractivity contribution is 6.32. The van der Waals surface area contributed by atoms with E-state index in [1.807, 2.05) is 14.4 Å². The minimum absolute atomic E-state index is 0.0264. The minimum atomic E-state index is -0.355. The maximum Gasteiger partial charge on any atom is 0.301 e. The van der Waals surface area contributed by atoms with Gasteiger partial charge in [0.05, 0.1) is 11.7 Å². The van der Waals surface area contributed by atoms with Gasteiger partial charge in [0, 0.05) is 7.11 Å². The van der Waals surface area contributed by atoms with E-state index in [0.717, 1.165) is 6.42 Å². The molecule has 0 aliphatic heterocycles. The molecule has 2 unspecified atom stereocenters. The topological polar surface area (TPSA) is 18.5 Å². The fourth-order valence-corrected chi connectivity index (χ4v) is 3.33. The van der Waals surface area contributed by atoms with Gasteiger partial charge in [-0.15, -0.1) is 0 Å². The first-order valence-corrected chi connectivity index (χ1v) is 9.17. The predicted octanol–water partition coefficient (Wildman–Crippen LogP) is 5.68. The Bertz CT molecular complexity index is 623. The van der Waals surface area contributed by atoms with Gasteiger partial charge in [0.1, 0.15) is 0 Å². The lowest BCUT2D eigenvalue weighted by Crippen LogP contribution is -2.40. The molecule has 0 saturated carbocycles. The molecular formula is C22H32BO2. The summed E-state index contributed by atoms with van der Waals surface area (Å²) in [5.41, 5.74) is 3.73. The summed E-state index contributed by atoms with van der Waals surface area (Å²) in [4.78, 5) is 0. The zero-order valence-electron chi connectivity index (χ0n) is 16.8. The maximum atomic E-state index is 6.21. The highest BCUT2D eigenvalue weighted by atomic mass is 16.5. The fourth-order valence-electron chi connectivity index (χ4n) is 3.33. The third-order valence-electron chi connectivity index (χ3n) is 5.10. The number of hydrogen-bond donors (Lipinski definition) is 0. The monoisotopic (exact) mass is 339 g/mol. The lowest BCUT2D eigenvalue weighted by molar-refractivity contribution is -0.0421. The SMILES string of the molecule is COC(C)C(C)(C)O[B]C1CC=CC(c2ccccc2)=C1C(C)(C)C. The number of hydrogen-bond acceptors (Lipinski definition) is 2. The first kappa shape index (κ1) is 20.0. The molecule has 0 fully saturated rings. The first-order chi connectivity index (χ1) is 11.7. The molecule has 0 aromatic heterocycles. The van der Waals surface area contributed by atoms with Crippen LogP contribution in [0.2, 0.25) is 5.82 Å². The Balaban J connectivity index is 2.32. The largest absolute Gasteiger partial charge is 0.433 e. The van der Waals surface area contributed by atoms with Gasteiger partial charge >= 0.3 is 7.48 Å². The Morgan fingerprint density at radius 2 is 1.72 bits per heavy atom. The predicted molar refractivity (Wildman–Crippen MR) is 108 cm³/mol. The van der Waals surface area contributed by atoms with E-state index in [-0.39, 0.29) is 22.9 Å². The van der Waals surface area contributed by atoms with Crippen molar-refractivity contribution in [3.63, 3.8) is 0 Å².